The zero-order chi connectivity index (χ0) is 38.6. The number of alkyl halides is 1. The van der Waals surface area contributed by atoms with Crippen molar-refractivity contribution in [2.24, 2.45) is 5.16 Å². The minimum absolute atomic E-state index is 0.0153. The van der Waals surface area contributed by atoms with Gasteiger partial charge in [0.15, 0.2) is 10.8 Å². The fraction of sp³-hybridized carbons (Fsp3) is 0.500. The molecule has 2 aromatic rings. The van der Waals surface area contributed by atoms with E-state index in [0.29, 0.717) is 22.6 Å². The third-order valence-electron chi connectivity index (χ3n) is 7.04. The molecule has 2 atom stereocenters. The van der Waals surface area contributed by atoms with Crippen molar-refractivity contribution in [2.75, 3.05) is 24.1 Å². The van der Waals surface area contributed by atoms with E-state index in [1.807, 2.05) is 0 Å². The normalized spacial score (nSPS) is 17.8. The van der Waals surface area contributed by atoms with Crippen molar-refractivity contribution < 1.29 is 47.8 Å². The highest BCUT2D eigenvalue weighted by molar-refractivity contribution is 8.00. The van der Waals surface area contributed by atoms with Gasteiger partial charge in [0.1, 0.15) is 46.4 Å². The molecule has 0 radical (unpaired) electrons. The molecule has 2 aliphatic heterocycles. The molecule has 3 amide bonds. The number of nitrogens with one attached hydrogen (secondary N) is 2. The Bertz CT molecular complexity index is 1760. The second-order valence-corrected chi connectivity index (χ2v) is 16.3. The number of halogens is 1. The van der Waals surface area contributed by atoms with Crippen molar-refractivity contribution in [3.05, 3.63) is 52.2 Å². The summed E-state index contributed by atoms with van der Waals surface area (Å²) in [6, 6.07) is 5.88. The Morgan fingerprint density at radius 3 is 2.27 bits per heavy atom. The van der Waals surface area contributed by atoms with Gasteiger partial charge in [0.25, 0.3) is 11.8 Å². The zero-order valence-corrected chi connectivity index (χ0v) is 32.7. The Labute approximate surface area is 314 Å². The molecule has 3 heterocycles. The Balaban J connectivity index is 1.54. The molecule has 282 valence electrons. The monoisotopic (exact) mass is 779 g/mol. The van der Waals surface area contributed by atoms with Gasteiger partial charge in [0.2, 0.25) is 5.60 Å². The number of ether oxygens (including phenoxy) is 4. The molecule has 1 fully saturated rings. The first-order chi connectivity index (χ1) is 24.2. The third-order valence-corrected chi connectivity index (χ3v) is 9.46. The van der Waals surface area contributed by atoms with E-state index in [2.05, 4.69) is 20.8 Å². The molecule has 0 aliphatic carbocycles. The lowest BCUT2D eigenvalue weighted by atomic mass is 10.0. The summed E-state index contributed by atoms with van der Waals surface area (Å²) >= 11 is 8.46. The summed E-state index contributed by atoms with van der Waals surface area (Å²) in [5.41, 5.74) is -2.42. The number of oxime groups is 1. The fourth-order valence-corrected chi connectivity index (χ4v) is 6.92. The van der Waals surface area contributed by atoms with Gasteiger partial charge in [-0.3, -0.25) is 19.8 Å². The Morgan fingerprint density at radius 2 is 1.67 bits per heavy atom. The first kappa shape index (κ1) is 40.4. The van der Waals surface area contributed by atoms with Crippen LogP contribution in [0.25, 0.3) is 0 Å². The molecular weight excluding hydrogens is 738 g/mol. The van der Waals surface area contributed by atoms with Crippen LogP contribution in [0.4, 0.5) is 9.93 Å². The molecule has 1 aromatic heterocycles. The van der Waals surface area contributed by atoms with Crippen LogP contribution in [-0.4, -0.2) is 92.4 Å². The van der Waals surface area contributed by atoms with Gasteiger partial charge in [-0.1, -0.05) is 17.3 Å². The van der Waals surface area contributed by atoms with E-state index in [4.69, 9.17) is 35.4 Å². The van der Waals surface area contributed by atoms with Crippen LogP contribution in [0.3, 0.4) is 0 Å². The number of fused-ring (bicyclic) bond motifs is 1. The predicted molar refractivity (Wildman–Crippen MR) is 195 cm³/mol. The lowest BCUT2D eigenvalue weighted by molar-refractivity contribution is -0.179. The van der Waals surface area contributed by atoms with Crippen LogP contribution in [0, 0.1) is 0 Å². The number of carbonyl (C=O) groups excluding carboxylic acids is 5. The predicted octanol–water partition coefficient (Wildman–Crippen LogP) is 4.98. The van der Waals surface area contributed by atoms with Gasteiger partial charge in [-0.25, -0.2) is 19.4 Å². The zero-order valence-electron chi connectivity index (χ0n) is 30.3. The molecule has 1 aromatic carbocycles. The van der Waals surface area contributed by atoms with E-state index >= 15 is 0 Å². The number of rotatable bonds is 12. The molecule has 0 bridgehead atoms. The molecule has 0 spiro atoms. The summed E-state index contributed by atoms with van der Waals surface area (Å²) in [5, 5.41) is 10.0. The average Bonchev–Trinajstić information content (AvgIpc) is 3.51. The van der Waals surface area contributed by atoms with Crippen molar-refractivity contribution in [1.82, 2.24) is 15.2 Å². The number of aromatic nitrogens is 1. The standard InChI is InChI=1S/C34H42ClN5O10S2/c1-32(2,3)48-29(44)34(7,8)50-39-22(21-17-52-30(36-21)38-31(45)49-33(4,5)6)25(41)37-23-26(42)40-24(19(14-35)16-51-27(23)40)28(43)47-15-18-10-12-20(46-9)13-11-18/h10-13,17,23,27H,14-16H2,1-9H3,(H,37,41)(H,36,38,45)/b39-22-/t23-,27-/m1/s1. The molecule has 0 unspecified atom stereocenters. The third kappa shape index (κ3) is 10.2. The van der Waals surface area contributed by atoms with E-state index in [0.717, 1.165) is 11.3 Å². The quantitative estimate of drug-likeness (QED) is 0.0737. The molecule has 18 heteroatoms. The minimum Gasteiger partial charge on any atom is -0.497 e. The van der Waals surface area contributed by atoms with Gasteiger partial charge in [-0.05, 0) is 78.7 Å². The van der Waals surface area contributed by atoms with E-state index in [-0.39, 0.29) is 29.0 Å². The smallest absolute Gasteiger partial charge is 0.413 e. The number of carbonyl (C=O) groups is 5. The number of thiazole rings is 1. The second-order valence-electron chi connectivity index (χ2n) is 14.1. The Kier molecular flexibility index (Phi) is 12.5. The molecule has 4 rings (SSSR count). The number of anilines is 1. The highest BCUT2D eigenvalue weighted by Gasteiger charge is 2.54. The fourth-order valence-electron chi connectivity index (χ4n) is 4.56. The van der Waals surface area contributed by atoms with Gasteiger partial charge in [0, 0.05) is 17.0 Å². The van der Waals surface area contributed by atoms with E-state index < -0.39 is 63.8 Å². The van der Waals surface area contributed by atoms with Gasteiger partial charge >= 0.3 is 18.0 Å². The number of hydrogen-bond donors (Lipinski definition) is 2. The summed E-state index contributed by atoms with van der Waals surface area (Å²) in [6.45, 7) is 13.0. The molecule has 52 heavy (non-hydrogen) atoms. The number of hydrogen-bond acceptors (Lipinski definition) is 14. The van der Waals surface area contributed by atoms with E-state index in [1.165, 1.54) is 35.9 Å². The highest BCUT2D eigenvalue weighted by Crippen LogP contribution is 2.41. The largest absolute Gasteiger partial charge is 0.497 e. The lowest BCUT2D eigenvalue weighted by Gasteiger charge is -2.49. The second kappa shape index (κ2) is 16.1. The summed E-state index contributed by atoms with van der Waals surface area (Å²) in [4.78, 5) is 77.1. The van der Waals surface area contributed by atoms with Gasteiger partial charge in [-0.15, -0.1) is 34.7 Å². The molecular formula is C34H42ClN5O10S2. The molecule has 0 saturated carbocycles. The molecule has 2 N–H and O–H groups in total. The van der Waals surface area contributed by atoms with Crippen molar-refractivity contribution in [3.63, 3.8) is 0 Å². The maximum absolute atomic E-state index is 13.8. The number of β-lactam (4-membered cyclic amide) rings is 1. The molecule has 1 saturated heterocycles. The van der Waals surface area contributed by atoms with Gasteiger partial charge in [0.05, 0.1) is 7.11 Å². The summed E-state index contributed by atoms with van der Waals surface area (Å²) in [6.07, 6.45) is -0.768. The molecule has 15 nitrogen and oxygen atoms in total. The van der Waals surface area contributed by atoms with E-state index in [1.54, 1.807) is 72.9 Å². The SMILES string of the molecule is COc1ccc(COC(=O)C2=C(CCl)CS[C@@H]3[C@H](NC(=O)/C(=N\OC(C)(C)C(=O)OC(C)(C)C)c4csc(NC(=O)OC(C)(C)C)n4)C(=O)N23)cc1. The number of nitrogens with zero attached hydrogens (tertiary/aromatic N) is 3. The van der Waals surface area contributed by atoms with Crippen LogP contribution in [0.15, 0.2) is 46.1 Å². The number of amides is 3. The van der Waals surface area contributed by atoms with Crippen LogP contribution in [0.5, 0.6) is 5.75 Å². The van der Waals surface area contributed by atoms with Crippen molar-refractivity contribution >= 4 is 75.4 Å². The first-order valence-electron chi connectivity index (χ1n) is 16.0. The Morgan fingerprint density at radius 1 is 1.02 bits per heavy atom. The lowest BCUT2D eigenvalue weighted by Crippen LogP contribution is -2.71. The summed E-state index contributed by atoms with van der Waals surface area (Å²) in [7, 11) is 1.54. The van der Waals surface area contributed by atoms with Crippen LogP contribution >= 0.6 is 34.7 Å². The van der Waals surface area contributed by atoms with Crippen LogP contribution in [0.2, 0.25) is 0 Å². The maximum atomic E-state index is 13.8. The number of benzene rings is 1. The average molecular weight is 780 g/mol. The van der Waals surface area contributed by atoms with Crippen LogP contribution in [0.1, 0.15) is 66.6 Å². The topological polar surface area (TPSA) is 184 Å². The minimum atomic E-state index is -1.64. The first-order valence-corrected chi connectivity index (χ1v) is 18.5. The Hall–Kier alpha value is -4.35. The van der Waals surface area contributed by atoms with Crippen molar-refractivity contribution in [3.8, 4) is 5.75 Å². The van der Waals surface area contributed by atoms with Crippen LogP contribution < -0.4 is 15.4 Å². The molecule has 2 aliphatic rings. The number of thioether (sulfide) groups is 1. The van der Waals surface area contributed by atoms with Crippen molar-refractivity contribution in [1.29, 1.82) is 0 Å². The van der Waals surface area contributed by atoms with Gasteiger partial charge in [-0.2, -0.15) is 0 Å². The summed E-state index contributed by atoms with van der Waals surface area (Å²) < 4.78 is 21.4. The number of methoxy groups -OCH3 is 1. The van der Waals surface area contributed by atoms with Crippen LogP contribution in [-0.2, 0) is 44.8 Å². The maximum Gasteiger partial charge on any atom is 0.413 e. The van der Waals surface area contributed by atoms with Crippen molar-refractivity contribution in [2.45, 2.75) is 90.2 Å². The van der Waals surface area contributed by atoms with Gasteiger partial charge < -0.3 is 29.1 Å². The van der Waals surface area contributed by atoms with E-state index in [9.17, 15) is 24.0 Å². The summed E-state index contributed by atoms with van der Waals surface area (Å²) in [5.74, 6) is -2.00. The highest BCUT2D eigenvalue weighted by atomic mass is 35.5. The number of esters is 2.